The number of hydrogen-bond donors (Lipinski definition) is 1. The Kier molecular flexibility index (Phi) is 5.80. The molecule has 1 heterocycles. The molecule has 1 N–H and O–H groups in total. The Morgan fingerprint density at radius 2 is 1.50 bits per heavy atom. The average Bonchev–Trinajstić information content (AvgIpc) is 3.08. The third kappa shape index (κ3) is 3.89. The number of carbonyl (C=O) groups excluding carboxylic acids is 1. The highest BCUT2D eigenvalue weighted by molar-refractivity contribution is 6.07. The van der Waals surface area contributed by atoms with E-state index in [9.17, 15) is 27.5 Å². The number of rotatable bonds is 6. The molecule has 0 aliphatic heterocycles. The lowest BCUT2D eigenvalue weighted by Crippen LogP contribution is -2.10. The second-order valence-corrected chi connectivity index (χ2v) is 7.47. The number of Topliss-reactive ketones (excluding diaryl/α,β-unsaturated/α-hetero) is 1. The van der Waals surface area contributed by atoms with Crippen LogP contribution in [0.5, 0.6) is 0 Å². The Bertz CT molecular complexity index is 1290. The molecule has 3 aromatic carbocycles. The third-order valence-corrected chi connectivity index (χ3v) is 5.12. The molecule has 0 aliphatic rings. The first kappa shape index (κ1) is 21.7. The van der Waals surface area contributed by atoms with Gasteiger partial charge in [-0.2, -0.15) is 0 Å². The number of ketones is 1. The molecule has 1 aromatic heterocycles. The van der Waals surface area contributed by atoms with Crippen LogP contribution in [0.4, 0.5) is 17.6 Å². The highest BCUT2D eigenvalue weighted by Gasteiger charge is 2.24. The Hall–Kier alpha value is -3.52. The Labute approximate surface area is 180 Å². The fraction of sp³-hybridized carbons (Fsp3) is 0.167. The number of aliphatic hydroxyl groups excluding tert-OH is 1. The number of nitrogens with zero attached hydrogens (tertiary/aromatic N) is 2. The Balaban J connectivity index is 2.01. The summed E-state index contributed by atoms with van der Waals surface area (Å²) in [5.41, 5.74) is -0.275. The van der Waals surface area contributed by atoms with Gasteiger partial charge in [-0.25, -0.2) is 22.5 Å². The molecule has 0 aliphatic carbocycles. The molecule has 4 nitrogen and oxygen atoms in total. The molecule has 0 saturated heterocycles. The van der Waals surface area contributed by atoms with Crippen molar-refractivity contribution in [1.82, 2.24) is 9.55 Å². The summed E-state index contributed by atoms with van der Waals surface area (Å²) in [7, 11) is 0. The van der Waals surface area contributed by atoms with Gasteiger partial charge in [-0.05, 0) is 43.3 Å². The van der Waals surface area contributed by atoms with E-state index >= 15 is 0 Å². The summed E-state index contributed by atoms with van der Waals surface area (Å²) in [6, 6.07) is 11.2. The highest BCUT2D eigenvalue weighted by Crippen LogP contribution is 2.32. The number of aliphatic hydroxyl groups is 1. The number of benzene rings is 3. The molecular formula is C24H18F4N2O2. The highest BCUT2D eigenvalue weighted by atomic mass is 19.1. The maximum Gasteiger partial charge on any atom is 0.167 e. The molecule has 32 heavy (non-hydrogen) atoms. The minimum Gasteiger partial charge on any atom is -0.393 e. The molecule has 4 aromatic rings. The summed E-state index contributed by atoms with van der Waals surface area (Å²) >= 11 is 0. The van der Waals surface area contributed by atoms with Crippen molar-refractivity contribution in [2.75, 3.05) is 0 Å². The molecule has 1 atom stereocenters. The van der Waals surface area contributed by atoms with E-state index in [-0.39, 0.29) is 34.4 Å². The van der Waals surface area contributed by atoms with Gasteiger partial charge in [0.25, 0.3) is 0 Å². The van der Waals surface area contributed by atoms with Crippen molar-refractivity contribution >= 4 is 16.8 Å². The van der Waals surface area contributed by atoms with Gasteiger partial charge in [-0.1, -0.05) is 18.2 Å². The van der Waals surface area contributed by atoms with E-state index in [1.54, 1.807) is 6.07 Å². The number of imidazole rings is 1. The number of aromatic nitrogens is 2. The van der Waals surface area contributed by atoms with Crippen molar-refractivity contribution in [3.63, 3.8) is 0 Å². The van der Waals surface area contributed by atoms with Gasteiger partial charge in [0.2, 0.25) is 0 Å². The molecule has 164 valence electrons. The number of fused-ring (bicyclic) bond motifs is 1. The first-order valence-electron chi connectivity index (χ1n) is 9.85. The summed E-state index contributed by atoms with van der Waals surface area (Å²) in [6.07, 6.45) is -1.09. The zero-order valence-electron chi connectivity index (χ0n) is 16.9. The van der Waals surface area contributed by atoms with Crippen LogP contribution in [-0.4, -0.2) is 26.5 Å². The fourth-order valence-corrected chi connectivity index (χ4v) is 3.65. The van der Waals surface area contributed by atoms with E-state index < -0.39 is 47.3 Å². The van der Waals surface area contributed by atoms with Crippen LogP contribution in [0.25, 0.3) is 22.4 Å². The van der Waals surface area contributed by atoms with E-state index in [1.807, 2.05) is 0 Å². The smallest absolute Gasteiger partial charge is 0.167 e. The zero-order valence-corrected chi connectivity index (χ0v) is 16.9. The van der Waals surface area contributed by atoms with Crippen LogP contribution >= 0.6 is 0 Å². The predicted molar refractivity (Wildman–Crippen MR) is 111 cm³/mol. The summed E-state index contributed by atoms with van der Waals surface area (Å²) in [6.45, 7) is 1.05. The van der Waals surface area contributed by atoms with Gasteiger partial charge in [0.15, 0.2) is 5.78 Å². The van der Waals surface area contributed by atoms with Gasteiger partial charge in [-0.15, -0.1) is 0 Å². The van der Waals surface area contributed by atoms with Gasteiger partial charge in [0.05, 0.1) is 29.2 Å². The molecule has 0 amide bonds. The van der Waals surface area contributed by atoms with Crippen molar-refractivity contribution in [2.24, 2.45) is 0 Å². The molecule has 0 saturated carbocycles. The maximum atomic E-state index is 14.6. The summed E-state index contributed by atoms with van der Waals surface area (Å²) in [5.74, 6) is -4.11. The van der Waals surface area contributed by atoms with Crippen LogP contribution in [0, 0.1) is 23.3 Å². The van der Waals surface area contributed by atoms with Crippen molar-refractivity contribution < 1.29 is 27.5 Å². The zero-order chi connectivity index (χ0) is 23.0. The average molecular weight is 442 g/mol. The van der Waals surface area contributed by atoms with Gasteiger partial charge < -0.3 is 9.67 Å². The summed E-state index contributed by atoms with van der Waals surface area (Å²) in [5, 5.41) is 9.59. The standard InChI is InChI=1S/C24H18F4N2O2/c1-13(31)11-21(32)14-5-2-10-20-23(14)29-24(22-18(27)8-4-9-19(22)28)30(20)12-15-16(25)6-3-7-17(15)26/h2-10,13,31H,11-12H2,1H3. The van der Waals surface area contributed by atoms with Crippen LogP contribution in [0.3, 0.4) is 0 Å². The van der Waals surface area contributed by atoms with E-state index in [0.29, 0.717) is 0 Å². The summed E-state index contributed by atoms with van der Waals surface area (Å²) < 4.78 is 59.3. The number of para-hydroxylation sites is 1. The minimum atomic E-state index is -0.910. The van der Waals surface area contributed by atoms with E-state index in [0.717, 1.165) is 24.3 Å². The first-order chi connectivity index (χ1) is 15.3. The quantitative estimate of drug-likeness (QED) is 0.327. The predicted octanol–water partition coefficient (Wildman–Crippen LogP) is 5.26. The summed E-state index contributed by atoms with van der Waals surface area (Å²) in [4.78, 5) is 17.0. The van der Waals surface area contributed by atoms with Crippen molar-refractivity contribution in [1.29, 1.82) is 0 Å². The largest absolute Gasteiger partial charge is 0.393 e. The van der Waals surface area contributed by atoms with Gasteiger partial charge >= 0.3 is 0 Å². The number of hydrogen-bond acceptors (Lipinski definition) is 3. The van der Waals surface area contributed by atoms with Crippen LogP contribution in [0.15, 0.2) is 54.6 Å². The topological polar surface area (TPSA) is 55.1 Å². The van der Waals surface area contributed by atoms with Crippen molar-refractivity contribution in [3.8, 4) is 11.4 Å². The molecule has 4 rings (SSSR count). The molecular weight excluding hydrogens is 424 g/mol. The normalized spacial score (nSPS) is 12.3. The van der Waals surface area contributed by atoms with Crippen LogP contribution in [-0.2, 0) is 6.54 Å². The molecule has 0 fully saturated rings. The van der Waals surface area contributed by atoms with Crippen LogP contribution in [0.2, 0.25) is 0 Å². The van der Waals surface area contributed by atoms with E-state index in [4.69, 9.17) is 0 Å². The van der Waals surface area contributed by atoms with E-state index in [1.165, 1.54) is 35.8 Å². The molecule has 0 radical (unpaired) electrons. The van der Waals surface area contributed by atoms with E-state index in [2.05, 4.69) is 4.98 Å². The fourth-order valence-electron chi connectivity index (χ4n) is 3.65. The number of halogens is 4. The minimum absolute atomic E-state index is 0.118. The lowest BCUT2D eigenvalue weighted by molar-refractivity contribution is 0.0902. The molecule has 8 heteroatoms. The van der Waals surface area contributed by atoms with Gasteiger partial charge in [0, 0.05) is 17.5 Å². The molecule has 0 spiro atoms. The second-order valence-electron chi connectivity index (χ2n) is 7.47. The monoisotopic (exact) mass is 442 g/mol. The lowest BCUT2D eigenvalue weighted by Gasteiger charge is -2.12. The molecule has 0 bridgehead atoms. The van der Waals surface area contributed by atoms with Crippen molar-refractivity contribution in [2.45, 2.75) is 26.0 Å². The van der Waals surface area contributed by atoms with Gasteiger partial charge in [0.1, 0.15) is 29.1 Å². The lowest BCUT2D eigenvalue weighted by atomic mass is 10.0. The van der Waals surface area contributed by atoms with Crippen LogP contribution < -0.4 is 0 Å². The Morgan fingerprint density at radius 3 is 2.09 bits per heavy atom. The third-order valence-electron chi connectivity index (χ3n) is 5.12. The molecule has 1 unspecified atom stereocenters. The second kappa shape index (κ2) is 8.55. The maximum absolute atomic E-state index is 14.6. The van der Waals surface area contributed by atoms with Crippen LogP contribution in [0.1, 0.15) is 29.3 Å². The Morgan fingerprint density at radius 1 is 0.938 bits per heavy atom. The van der Waals surface area contributed by atoms with Gasteiger partial charge in [-0.3, -0.25) is 4.79 Å². The van der Waals surface area contributed by atoms with Crippen molar-refractivity contribution in [3.05, 3.63) is 89.0 Å². The first-order valence-corrected chi connectivity index (χ1v) is 9.85. The SMILES string of the molecule is CC(O)CC(=O)c1cccc2c1nc(-c1c(F)cccc1F)n2Cc1c(F)cccc1F. The number of carbonyl (C=O) groups is 1.